The standard InChI is InChI=1S/C28H40N4O4/c1-20-25(15-21-7-14-34-18-21)30-26(22-5-3-6-24(16-22)35-19-23(33)17-29-2)31-27(20)32-11-9-28(10-12-32)8-4-13-36-28/h3,5-6,16,21,23,29,33H,4,7-15,17-19H2,1-2H3. The van der Waals surface area contributed by atoms with Crippen molar-refractivity contribution in [3.8, 4) is 17.1 Å². The third-order valence-corrected chi connectivity index (χ3v) is 7.86. The molecule has 1 aromatic carbocycles. The molecule has 2 N–H and O–H groups in total. The van der Waals surface area contributed by atoms with Crippen LogP contribution in [0.15, 0.2) is 24.3 Å². The number of anilines is 1. The number of likely N-dealkylation sites (N-methyl/N-ethyl adjacent to an activating group) is 1. The maximum atomic E-state index is 10.0. The maximum absolute atomic E-state index is 10.0. The van der Waals surface area contributed by atoms with Gasteiger partial charge in [0.25, 0.3) is 0 Å². The van der Waals surface area contributed by atoms with E-state index in [0.717, 1.165) is 81.5 Å². The molecule has 0 amide bonds. The summed E-state index contributed by atoms with van der Waals surface area (Å²) in [5.74, 6) is 2.97. The highest BCUT2D eigenvalue weighted by molar-refractivity contribution is 5.62. The second-order valence-corrected chi connectivity index (χ2v) is 10.5. The average Bonchev–Trinajstić information content (AvgIpc) is 3.58. The number of nitrogens with one attached hydrogen (secondary N) is 1. The van der Waals surface area contributed by atoms with Gasteiger partial charge in [-0.15, -0.1) is 0 Å². The van der Waals surface area contributed by atoms with Gasteiger partial charge in [-0.3, -0.25) is 0 Å². The van der Waals surface area contributed by atoms with Crippen LogP contribution in [0.4, 0.5) is 5.82 Å². The first-order valence-electron chi connectivity index (χ1n) is 13.5. The molecule has 196 valence electrons. The fourth-order valence-electron chi connectivity index (χ4n) is 5.69. The second kappa shape index (κ2) is 11.4. The Morgan fingerprint density at radius 2 is 2.08 bits per heavy atom. The molecular weight excluding hydrogens is 456 g/mol. The van der Waals surface area contributed by atoms with Gasteiger partial charge in [-0.05, 0) is 70.5 Å². The molecule has 8 nitrogen and oxygen atoms in total. The van der Waals surface area contributed by atoms with Gasteiger partial charge >= 0.3 is 0 Å². The number of aliphatic hydroxyl groups is 1. The molecule has 3 fully saturated rings. The number of piperidine rings is 1. The van der Waals surface area contributed by atoms with Crippen LogP contribution in [-0.2, 0) is 15.9 Å². The monoisotopic (exact) mass is 496 g/mol. The van der Waals surface area contributed by atoms with Crippen LogP contribution in [0, 0.1) is 12.8 Å². The van der Waals surface area contributed by atoms with Crippen molar-refractivity contribution in [2.75, 3.05) is 58.0 Å². The molecule has 2 atom stereocenters. The maximum Gasteiger partial charge on any atom is 0.161 e. The van der Waals surface area contributed by atoms with Crippen molar-refractivity contribution in [1.82, 2.24) is 15.3 Å². The summed E-state index contributed by atoms with van der Waals surface area (Å²) in [6.45, 7) is 7.33. The van der Waals surface area contributed by atoms with Crippen LogP contribution in [0.3, 0.4) is 0 Å². The van der Waals surface area contributed by atoms with E-state index < -0.39 is 6.10 Å². The summed E-state index contributed by atoms with van der Waals surface area (Å²) in [6.07, 6.45) is 5.88. The average molecular weight is 497 g/mol. The quantitative estimate of drug-likeness (QED) is 0.548. The van der Waals surface area contributed by atoms with Crippen molar-refractivity contribution >= 4 is 5.82 Å². The van der Waals surface area contributed by atoms with Gasteiger partial charge in [0.15, 0.2) is 5.82 Å². The summed E-state index contributed by atoms with van der Waals surface area (Å²) < 4.78 is 17.7. The Bertz CT molecular complexity index is 1010. The number of ether oxygens (including phenoxy) is 3. The van der Waals surface area contributed by atoms with E-state index in [4.69, 9.17) is 24.2 Å². The number of aromatic nitrogens is 2. The molecule has 3 saturated heterocycles. The SMILES string of the molecule is CNCC(O)COc1cccc(-c2nc(CC3CCOC3)c(C)c(N3CCC4(CCCO4)CC3)n2)c1. The lowest BCUT2D eigenvalue weighted by Crippen LogP contribution is -2.44. The summed E-state index contributed by atoms with van der Waals surface area (Å²) in [5.41, 5.74) is 3.29. The zero-order valence-electron chi connectivity index (χ0n) is 21.7. The van der Waals surface area contributed by atoms with Gasteiger partial charge in [-0.1, -0.05) is 12.1 Å². The fraction of sp³-hybridized carbons (Fsp3) is 0.643. The van der Waals surface area contributed by atoms with Crippen molar-refractivity contribution < 1.29 is 19.3 Å². The topological polar surface area (TPSA) is 89.0 Å². The second-order valence-electron chi connectivity index (χ2n) is 10.5. The van der Waals surface area contributed by atoms with E-state index in [0.29, 0.717) is 18.2 Å². The van der Waals surface area contributed by atoms with Crippen molar-refractivity contribution in [2.45, 2.75) is 57.2 Å². The van der Waals surface area contributed by atoms with Crippen LogP contribution in [0.2, 0.25) is 0 Å². The predicted octanol–water partition coefficient (Wildman–Crippen LogP) is 3.14. The normalized spacial score (nSPS) is 22.3. The molecule has 1 aromatic heterocycles. The summed E-state index contributed by atoms with van der Waals surface area (Å²) in [6, 6.07) is 7.88. The first-order chi connectivity index (χ1) is 17.5. The smallest absolute Gasteiger partial charge is 0.161 e. The van der Waals surface area contributed by atoms with Crippen LogP contribution in [-0.4, -0.2) is 79.9 Å². The molecular formula is C28H40N4O4. The van der Waals surface area contributed by atoms with E-state index in [-0.39, 0.29) is 12.2 Å². The number of aliphatic hydroxyl groups excluding tert-OH is 1. The molecule has 0 radical (unpaired) electrons. The Morgan fingerprint density at radius 1 is 1.22 bits per heavy atom. The first kappa shape index (κ1) is 25.4. The minimum Gasteiger partial charge on any atom is -0.491 e. The molecule has 1 spiro atoms. The summed E-state index contributed by atoms with van der Waals surface area (Å²) in [4.78, 5) is 12.6. The minimum atomic E-state index is -0.563. The van der Waals surface area contributed by atoms with Gasteiger partial charge in [-0.25, -0.2) is 9.97 Å². The van der Waals surface area contributed by atoms with Gasteiger partial charge in [0, 0.05) is 56.3 Å². The molecule has 36 heavy (non-hydrogen) atoms. The Kier molecular flexibility index (Phi) is 8.06. The molecule has 3 aliphatic rings. The van der Waals surface area contributed by atoms with Gasteiger partial charge in [-0.2, -0.15) is 0 Å². The molecule has 0 saturated carbocycles. The van der Waals surface area contributed by atoms with Gasteiger partial charge in [0.05, 0.1) is 5.60 Å². The third-order valence-electron chi connectivity index (χ3n) is 7.86. The zero-order valence-corrected chi connectivity index (χ0v) is 21.7. The molecule has 3 aliphatic heterocycles. The van der Waals surface area contributed by atoms with Crippen LogP contribution < -0.4 is 15.0 Å². The summed E-state index contributed by atoms with van der Waals surface area (Å²) in [5, 5.41) is 13.0. The highest BCUT2D eigenvalue weighted by atomic mass is 16.5. The Morgan fingerprint density at radius 3 is 2.81 bits per heavy atom. The Labute approximate surface area is 214 Å². The van der Waals surface area contributed by atoms with Gasteiger partial charge < -0.3 is 29.5 Å². The van der Waals surface area contributed by atoms with Gasteiger partial charge in [0.1, 0.15) is 24.3 Å². The fourth-order valence-corrected chi connectivity index (χ4v) is 5.69. The van der Waals surface area contributed by atoms with E-state index in [1.165, 1.54) is 18.4 Å². The summed E-state index contributed by atoms with van der Waals surface area (Å²) >= 11 is 0. The number of rotatable bonds is 9. The van der Waals surface area contributed by atoms with Crippen LogP contribution in [0.25, 0.3) is 11.4 Å². The number of hydrogen-bond donors (Lipinski definition) is 2. The summed E-state index contributed by atoms with van der Waals surface area (Å²) in [7, 11) is 1.81. The molecule has 5 rings (SSSR count). The highest BCUT2D eigenvalue weighted by Gasteiger charge is 2.39. The van der Waals surface area contributed by atoms with E-state index in [1.807, 2.05) is 31.3 Å². The van der Waals surface area contributed by atoms with Crippen molar-refractivity contribution in [3.05, 3.63) is 35.5 Å². The van der Waals surface area contributed by atoms with Crippen LogP contribution in [0.5, 0.6) is 5.75 Å². The van der Waals surface area contributed by atoms with E-state index in [1.54, 1.807) is 0 Å². The lowest BCUT2D eigenvalue weighted by atomic mass is 9.88. The number of benzene rings is 1. The Hall–Kier alpha value is -2.26. The molecule has 2 unspecified atom stereocenters. The van der Waals surface area contributed by atoms with Crippen molar-refractivity contribution in [2.24, 2.45) is 5.92 Å². The molecule has 2 aromatic rings. The third kappa shape index (κ3) is 5.83. The van der Waals surface area contributed by atoms with Crippen LogP contribution >= 0.6 is 0 Å². The van der Waals surface area contributed by atoms with E-state index in [9.17, 15) is 5.11 Å². The number of hydrogen-bond acceptors (Lipinski definition) is 8. The minimum absolute atomic E-state index is 0.0772. The lowest BCUT2D eigenvalue weighted by molar-refractivity contribution is -0.0147. The van der Waals surface area contributed by atoms with Gasteiger partial charge in [0.2, 0.25) is 0 Å². The number of nitrogens with zero attached hydrogens (tertiary/aromatic N) is 3. The van der Waals surface area contributed by atoms with Crippen molar-refractivity contribution in [1.29, 1.82) is 0 Å². The molecule has 0 aliphatic carbocycles. The predicted molar refractivity (Wildman–Crippen MR) is 140 cm³/mol. The largest absolute Gasteiger partial charge is 0.491 e. The van der Waals surface area contributed by atoms with E-state index in [2.05, 4.69) is 17.1 Å². The lowest BCUT2D eigenvalue weighted by Gasteiger charge is -2.39. The van der Waals surface area contributed by atoms with Crippen molar-refractivity contribution in [3.63, 3.8) is 0 Å². The molecule has 0 bridgehead atoms. The molecule has 8 heteroatoms. The highest BCUT2D eigenvalue weighted by Crippen LogP contribution is 2.38. The Balaban J connectivity index is 1.41. The van der Waals surface area contributed by atoms with E-state index >= 15 is 0 Å². The zero-order chi connectivity index (χ0) is 25.0. The molecule has 4 heterocycles. The first-order valence-corrected chi connectivity index (χ1v) is 13.5. The van der Waals surface area contributed by atoms with Crippen LogP contribution in [0.1, 0.15) is 43.4 Å².